The third kappa shape index (κ3) is 5.40. The van der Waals surface area contributed by atoms with Crippen LogP contribution in [0.25, 0.3) is 77.2 Å². The van der Waals surface area contributed by atoms with Crippen LogP contribution >= 0.6 is 0 Å². The third-order valence-electron chi connectivity index (χ3n) is 12.1. The van der Waals surface area contributed by atoms with E-state index in [9.17, 15) is 0 Å². The van der Waals surface area contributed by atoms with Crippen LogP contribution in [0.1, 0.15) is 25.0 Å². The molecule has 0 unspecified atom stereocenters. The highest BCUT2D eigenvalue weighted by atomic mass is 16.3. The molecule has 2 nitrogen and oxygen atoms in total. The summed E-state index contributed by atoms with van der Waals surface area (Å²) in [5, 5.41) is 4.57. The highest BCUT2D eigenvalue weighted by molar-refractivity contribution is 6.19. The van der Waals surface area contributed by atoms with Crippen molar-refractivity contribution in [3.05, 3.63) is 211 Å². The number of benzene rings is 9. The van der Waals surface area contributed by atoms with Gasteiger partial charge in [-0.05, 0) is 115 Å². The predicted octanol–water partition coefficient (Wildman–Crippen LogP) is 15.5. The molecule has 1 aliphatic rings. The molecule has 0 saturated heterocycles. The van der Waals surface area contributed by atoms with Crippen molar-refractivity contribution in [3.8, 4) is 44.5 Å². The summed E-state index contributed by atoms with van der Waals surface area (Å²) < 4.78 is 6.86. The fourth-order valence-electron chi connectivity index (χ4n) is 9.16. The first-order valence-electron chi connectivity index (χ1n) is 19.8. The molecule has 0 radical (unpaired) electrons. The summed E-state index contributed by atoms with van der Waals surface area (Å²) in [5.41, 5.74) is 17.6. The molecule has 0 fully saturated rings. The Hall–Kier alpha value is -7.16. The normalized spacial score (nSPS) is 12.9. The summed E-state index contributed by atoms with van der Waals surface area (Å²) in [5.74, 6) is 0. The fourth-order valence-corrected chi connectivity index (χ4v) is 9.16. The summed E-state index contributed by atoms with van der Waals surface area (Å²) in [6.07, 6.45) is 0. The molecule has 1 heterocycles. The van der Waals surface area contributed by atoms with E-state index in [4.69, 9.17) is 4.42 Å². The monoisotopic (exact) mass is 729 g/mol. The van der Waals surface area contributed by atoms with Crippen LogP contribution in [0.15, 0.2) is 205 Å². The number of para-hydroxylation sites is 1. The second-order valence-electron chi connectivity index (χ2n) is 15.7. The van der Waals surface area contributed by atoms with Crippen LogP contribution in [-0.4, -0.2) is 0 Å². The lowest BCUT2D eigenvalue weighted by Gasteiger charge is -2.25. The molecule has 57 heavy (non-hydrogen) atoms. The van der Waals surface area contributed by atoms with Crippen LogP contribution in [0.4, 0.5) is 17.1 Å². The Balaban J connectivity index is 1.02. The van der Waals surface area contributed by atoms with Crippen molar-refractivity contribution in [1.82, 2.24) is 0 Å². The van der Waals surface area contributed by atoms with Crippen LogP contribution in [0.5, 0.6) is 0 Å². The van der Waals surface area contributed by atoms with Crippen molar-refractivity contribution >= 4 is 49.8 Å². The van der Waals surface area contributed by atoms with Crippen molar-refractivity contribution in [1.29, 1.82) is 0 Å². The minimum absolute atomic E-state index is 0.0390. The molecule has 0 aliphatic heterocycles. The van der Waals surface area contributed by atoms with Gasteiger partial charge in [0.1, 0.15) is 11.2 Å². The Morgan fingerprint density at radius 2 is 0.965 bits per heavy atom. The highest BCUT2D eigenvalue weighted by Crippen LogP contribution is 2.50. The number of anilines is 3. The first-order chi connectivity index (χ1) is 28.0. The maximum atomic E-state index is 6.86. The average Bonchev–Trinajstić information content (AvgIpc) is 3.74. The van der Waals surface area contributed by atoms with Gasteiger partial charge in [0, 0.05) is 38.8 Å². The Morgan fingerprint density at radius 1 is 0.386 bits per heavy atom. The highest BCUT2D eigenvalue weighted by Gasteiger charge is 2.35. The average molecular weight is 730 g/mol. The zero-order valence-corrected chi connectivity index (χ0v) is 31.9. The molecule has 270 valence electrons. The van der Waals surface area contributed by atoms with Gasteiger partial charge in [-0.2, -0.15) is 0 Å². The summed E-state index contributed by atoms with van der Waals surface area (Å²) >= 11 is 0. The van der Waals surface area contributed by atoms with Gasteiger partial charge in [0.15, 0.2) is 0 Å². The topological polar surface area (TPSA) is 16.4 Å². The van der Waals surface area contributed by atoms with Crippen LogP contribution < -0.4 is 4.90 Å². The minimum atomic E-state index is -0.0390. The Kier molecular flexibility index (Phi) is 7.55. The first kappa shape index (κ1) is 33.2. The van der Waals surface area contributed by atoms with Gasteiger partial charge in [-0.15, -0.1) is 0 Å². The lowest BCUT2D eigenvalue weighted by atomic mass is 9.81. The quantitative estimate of drug-likeness (QED) is 0.169. The van der Waals surface area contributed by atoms with E-state index in [2.05, 4.69) is 219 Å². The lowest BCUT2D eigenvalue weighted by Crippen LogP contribution is -2.14. The molecule has 0 saturated carbocycles. The van der Waals surface area contributed by atoms with E-state index >= 15 is 0 Å². The molecule has 0 amide bonds. The Labute approximate surface area is 332 Å². The molecule has 9 aromatic carbocycles. The minimum Gasteiger partial charge on any atom is -0.455 e. The SMILES string of the molecule is CC1(C)c2ccccc2-c2ccc(-c3ccc(-c4c5ccccc5cc5c4oc4ccc(N(c6ccccc6)c6ccc(-c7ccccc7)cc6)cc45)cc3)cc21. The van der Waals surface area contributed by atoms with Crippen molar-refractivity contribution in [3.63, 3.8) is 0 Å². The summed E-state index contributed by atoms with van der Waals surface area (Å²) in [4.78, 5) is 2.33. The maximum absolute atomic E-state index is 6.86. The number of fused-ring (bicyclic) bond motifs is 7. The zero-order valence-electron chi connectivity index (χ0n) is 31.9. The first-order valence-corrected chi connectivity index (χ1v) is 19.8. The molecule has 0 N–H and O–H groups in total. The van der Waals surface area contributed by atoms with E-state index in [-0.39, 0.29) is 5.41 Å². The van der Waals surface area contributed by atoms with Gasteiger partial charge in [0.05, 0.1) is 0 Å². The van der Waals surface area contributed by atoms with E-state index in [1.54, 1.807) is 0 Å². The van der Waals surface area contributed by atoms with E-state index in [1.807, 2.05) is 0 Å². The van der Waals surface area contributed by atoms with Crippen LogP contribution in [0.2, 0.25) is 0 Å². The van der Waals surface area contributed by atoms with Crippen LogP contribution in [0, 0.1) is 0 Å². The van der Waals surface area contributed by atoms with E-state index in [0.717, 1.165) is 50.1 Å². The summed E-state index contributed by atoms with van der Waals surface area (Å²) in [6.45, 7) is 4.68. The zero-order chi connectivity index (χ0) is 38.1. The van der Waals surface area contributed by atoms with Gasteiger partial charge in [-0.1, -0.05) is 159 Å². The number of rotatable bonds is 6. The third-order valence-corrected chi connectivity index (χ3v) is 12.1. The maximum Gasteiger partial charge on any atom is 0.143 e. The van der Waals surface area contributed by atoms with Gasteiger partial charge in [0.2, 0.25) is 0 Å². The number of nitrogens with zero attached hydrogens (tertiary/aromatic N) is 1. The molecule has 2 heteroatoms. The fraction of sp³-hybridized carbons (Fsp3) is 0.0545. The van der Waals surface area contributed by atoms with Crippen molar-refractivity contribution < 1.29 is 4.42 Å². The number of hydrogen-bond acceptors (Lipinski definition) is 2. The van der Waals surface area contributed by atoms with Crippen molar-refractivity contribution in [2.75, 3.05) is 4.90 Å². The van der Waals surface area contributed by atoms with Gasteiger partial charge in [0.25, 0.3) is 0 Å². The van der Waals surface area contributed by atoms with E-state index in [0.29, 0.717) is 0 Å². The predicted molar refractivity (Wildman–Crippen MR) is 240 cm³/mol. The molecular weight excluding hydrogens is 691 g/mol. The van der Waals surface area contributed by atoms with E-state index in [1.165, 1.54) is 55.3 Å². The smallest absolute Gasteiger partial charge is 0.143 e. The molecule has 0 atom stereocenters. The van der Waals surface area contributed by atoms with Gasteiger partial charge < -0.3 is 9.32 Å². The molecule has 1 aromatic heterocycles. The lowest BCUT2D eigenvalue weighted by molar-refractivity contribution is 0.660. The van der Waals surface area contributed by atoms with Crippen LogP contribution in [-0.2, 0) is 5.41 Å². The number of hydrogen-bond donors (Lipinski definition) is 0. The molecule has 0 bridgehead atoms. The molecule has 1 aliphatic carbocycles. The Morgan fingerprint density at radius 3 is 1.77 bits per heavy atom. The summed E-state index contributed by atoms with van der Waals surface area (Å²) in [7, 11) is 0. The largest absolute Gasteiger partial charge is 0.455 e. The molecular formula is C55H39NO. The van der Waals surface area contributed by atoms with Crippen molar-refractivity contribution in [2.24, 2.45) is 0 Å². The van der Waals surface area contributed by atoms with Gasteiger partial charge in [-0.25, -0.2) is 0 Å². The molecule has 10 aromatic rings. The van der Waals surface area contributed by atoms with Crippen LogP contribution in [0.3, 0.4) is 0 Å². The van der Waals surface area contributed by atoms with Crippen molar-refractivity contribution in [2.45, 2.75) is 19.3 Å². The van der Waals surface area contributed by atoms with E-state index < -0.39 is 0 Å². The molecule has 11 rings (SSSR count). The molecule has 0 spiro atoms. The second kappa shape index (κ2) is 13.0. The second-order valence-corrected chi connectivity index (χ2v) is 15.7. The van der Waals surface area contributed by atoms with Gasteiger partial charge in [-0.3, -0.25) is 0 Å². The Bertz CT molecular complexity index is 3120. The summed E-state index contributed by atoms with van der Waals surface area (Å²) in [6, 6.07) is 72.4. The van der Waals surface area contributed by atoms with Gasteiger partial charge >= 0.3 is 0 Å². The standard InChI is InChI=1S/C55H39NO/c1-55(2)50-20-12-11-19-46(50)47-31-27-40(34-51(47)55)38-21-23-39(24-22-38)53-45-18-10-9-15-41(45)33-49-48-35-44(30-32-52(48)57-54(49)53)56(42-16-7-4-8-17-42)43-28-25-37(26-29-43)36-13-5-3-6-14-36/h3-35H,1-2H3. The number of furan rings is 1.